The first-order valence-electron chi connectivity index (χ1n) is 18.3. The summed E-state index contributed by atoms with van der Waals surface area (Å²) in [4.78, 5) is 41.1. The van der Waals surface area contributed by atoms with Crippen molar-refractivity contribution in [2.45, 2.75) is 52.0 Å². The van der Waals surface area contributed by atoms with Gasteiger partial charge in [0.1, 0.15) is 18.2 Å². The highest BCUT2D eigenvalue weighted by molar-refractivity contribution is 6.00. The Morgan fingerprint density at radius 1 is 0.792 bits per heavy atom. The van der Waals surface area contributed by atoms with Crippen molar-refractivity contribution in [2.24, 2.45) is 0 Å². The monoisotopic (exact) mass is 728 g/mol. The van der Waals surface area contributed by atoms with Gasteiger partial charge in [-0.1, -0.05) is 61.5 Å². The van der Waals surface area contributed by atoms with Crippen LogP contribution in [0.1, 0.15) is 56.2 Å². The van der Waals surface area contributed by atoms with Gasteiger partial charge in [0.05, 0.1) is 52.0 Å². The van der Waals surface area contributed by atoms with Crippen LogP contribution in [-0.4, -0.2) is 87.2 Å². The molecule has 2 amide bonds. The largest absolute Gasteiger partial charge is 0.491 e. The minimum atomic E-state index is -1.05. The van der Waals surface area contributed by atoms with Gasteiger partial charge >= 0.3 is 5.97 Å². The topological polar surface area (TPSA) is 157 Å². The van der Waals surface area contributed by atoms with Crippen molar-refractivity contribution in [2.75, 3.05) is 64.7 Å². The number of rotatable bonds is 25. The third-order valence-corrected chi connectivity index (χ3v) is 8.30. The third-order valence-electron chi connectivity index (χ3n) is 8.30. The zero-order chi connectivity index (χ0) is 37.7. The molecule has 0 saturated heterocycles. The molecular formula is C41H52N4O8. The number of amides is 2. The second-order valence-corrected chi connectivity index (χ2v) is 12.6. The minimum Gasteiger partial charge on any atom is -0.491 e. The lowest BCUT2D eigenvalue weighted by molar-refractivity contribution is -0.138. The number of aliphatic carboxylic acids is 1. The second kappa shape index (κ2) is 22.8. The van der Waals surface area contributed by atoms with Gasteiger partial charge in [0.2, 0.25) is 11.8 Å². The number of anilines is 1. The standard InChI is InChI=1S/C41H52N4O8/c1-3-20-50-21-22-51-23-24-52-25-26-53-37-16-15-33(34-8-4-5-9-35(34)37)31-11-13-32(14-12-31)36(28-41(48)49)45-40(47)29-44-39(46)10-6-7-18-42-38-27-30(2)17-19-43-38/h4-5,8-9,11-17,19,27,36H,3,6-7,10,18,20-26,28-29H2,1-2H3,(H,42,43)(H,44,46)(H,45,47)(H,48,49)/t36-/m0/s1. The Morgan fingerprint density at radius 2 is 1.49 bits per heavy atom. The molecule has 0 bridgehead atoms. The van der Waals surface area contributed by atoms with Crippen LogP contribution in [0.25, 0.3) is 21.9 Å². The molecular weight excluding hydrogens is 676 g/mol. The quantitative estimate of drug-likeness (QED) is 0.0590. The number of carbonyl (C=O) groups is 3. The van der Waals surface area contributed by atoms with Crippen LogP contribution in [0.4, 0.5) is 5.82 Å². The number of nitrogens with one attached hydrogen (secondary N) is 3. The number of aryl methyl sites for hydroxylation is 1. The number of ether oxygens (including phenoxy) is 4. The Hall–Kier alpha value is -5.04. The summed E-state index contributed by atoms with van der Waals surface area (Å²) in [6.07, 6.45) is 4.12. The molecule has 4 rings (SSSR count). The predicted molar refractivity (Wildman–Crippen MR) is 205 cm³/mol. The molecule has 53 heavy (non-hydrogen) atoms. The molecule has 0 aliphatic carbocycles. The second-order valence-electron chi connectivity index (χ2n) is 12.6. The lowest BCUT2D eigenvalue weighted by Gasteiger charge is -2.19. The molecule has 0 radical (unpaired) electrons. The van der Waals surface area contributed by atoms with E-state index in [1.54, 1.807) is 6.20 Å². The summed E-state index contributed by atoms with van der Waals surface area (Å²) in [5.74, 6) is -0.210. The number of hydrogen-bond donors (Lipinski definition) is 4. The number of carbonyl (C=O) groups excluding carboxylic acids is 2. The van der Waals surface area contributed by atoms with Crippen LogP contribution >= 0.6 is 0 Å². The van der Waals surface area contributed by atoms with Crippen molar-refractivity contribution < 1.29 is 38.4 Å². The van der Waals surface area contributed by atoms with Crippen molar-refractivity contribution in [1.29, 1.82) is 0 Å². The number of fused-ring (bicyclic) bond motifs is 1. The average Bonchev–Trinajstić information content (AvgIpc) is 3.15. The number of carboxylic acid groups (broad SMARTS) is 1. The Morgan fingerprint density at radius 3 is 2.19 bits per heavy atom. The van der Waals surface area contributed by atoms with E-state index in [2.05, 4.69) is 27.9 Å². The molecule has 0 unspecified atom stereocenters. The zero-order valence-corrected chi connectivity index (χ0v) is 30.7. The van der Waals surface area contributed by atoms with Gasteiger partial charge in [0.15, 0.2) is 0 Å². The molecule has 4 aromatic rings. The lowest BCUT2D eigenvalue weighted by atomic mass is 9.95. The molecule has 4 N–H and O–H groups in total. The Kier molecular flexibility index (Phi) is 17.5. The highest BCUT2D eigenvalue weighted by Crippen LogP contribution is 2.35. The van der Waals surface area contributed by atoms with Gasteiger partial charge in [-0.25, -0.2) is 4.98 Å². The van der Waals surface area contributed by atoms with Crippen LogP contribution in [0.5, 0.6) is 5.75 Å². The molecule has 0 fully saturated rings. The summed E-state index contributed by atoms with van der Waals surface area (Å²) < 4.78 is 22.6. The van der Waals surface area contributed by atoms with Crippen LogP contribution in [0.15, 0.2) is 79.0 Å². The summed E-state index contributed by atoms with van der Waals surface area (Å²) in [6, 6.07) is 22.5. The fourth-order valence-corrected chi connectivity index (χ4v) is 5.64. The number of benzene rings is 3. The van der Waals surface area contributed by atoms with Crippen molar-refractivity contribution in [3.05, 3.63) is 90.1 Å². The van der Waals surface area contributed by atoms with Gasteiger partial charge < -0.3 is 40.0 Å². The molecule has 12 heteroatoms. The van der Waals surface area contributed by atoms with Crippen LogP contribution < -0.4 is 20.7 Å². The van der Waals surface area contributed by atoms with E-state index in [1.165, 1.54) is 0 Å². The van der Waals surface area contributed by atoms with E-state index in [4.69, 9.17) is 18.9 Å². The first kappa shape index (κ1) is 40.7. The number of carboxylic acids is 1. The van der Waals surface area contributed by atoms with E-state index in [0.29, 0.717) is 58.2 Å². The molecule has 1 atom stereocenters. The fourth-order valence-electron chi connectivity index (χ4n) is 5.64. The Balaban J connectivity index is 1.25. The van der Waals surface area contributed by atoms with Crippen molar-refractivity contribution >= 4 is 34.4 Å². The van der Waals surface area contributed by atoms with E-state index in [-0.39, 0.29) is 25.3 Å². The van der Waals surface area contributed by atoms with Gasteiger partial charge in [0, 0.05) is 31.2 Å². The SMILES string of the molecule is CCCOCCOCCOCCOc1ccc(-c2ccc([C@H](CC(=O)O)NC(=O)CNC(=O)CCCCNc3cc(C)ccn3)cc2)c2ccccc12. The van der Waals surface area contributed by atoms with Crippen molar-refractivity contribution in [1.82, 2.24) is 15.6 Å². The van der Waals surface area contributed by atoms with Gasteiger partial charge in [-0.2, -0.15) is 0 Å². The van der Waals surface area contributed by atoms with Crippen LogP contribution in [0.2, 0.25) is 0 Å². The van der Waals surface area contributed by atoms with Crippen molar-refractivity contribution in [3.63, 3.8) is 0 Å². The molecule has 1 heterocycles. The van der Waals surface area contributed by atoms with E-state index >= 15 is 0 Å². The van der Waals surface area contributed by atoms with E-state index in [9.17, 15) is 19.5 Å². The number of hydrogen-bond acceptors (Lipinski definition) is 9. The van der Waals surface area contributed by atoms with Crippen LogP contribution in [0, 0.1) is 6.92 Å². The molecule has 3 aromatic carbocycles. The van der Waals surface area contributed by atoms with E-state index in [1.807, 2.05) is 79.7 Å². The van der Waals surface area contributed by atoms with Crippen LogP contribution in [0.3, 0.4) is 0 Å². The number of pyridine rings is 1. The molecule has 0 aliphatic heterocycles. The molecule has 1 aromatic heterocycles. The Labute approximate surface area is 311 Å². The average molecular weight is 729 g/mol. The minimum absolute atomic E-state index is 0.241. The maximum Gasteiger partial charge on any atom is 0.305 e. The highest BCUT2D eigenvalue weighted by Gasteiger charge is 2.19. The maximum absolute atomic E-state index is 12.8. The molecule has 12 nitrogen and oxygen atoms in total. The third kappa shape index (κ3) is 14.5. The zero-order valence-electron chi connectivity index (χ0n) is 30.7. The van der Waals surface area contributed by atoms with Crippen LogP contribution in [-0.2, 0) is 28.6 Å². The number of nitrogens with zero attached hydrogens (tertiary/aromatic N) is 1. The number of aromatic nitrogens is 1. The number of unbranched alkanes of at least 4 members (excludes halogenated alkanes) is 1. The summed E-state index contributed by atoms with van der Waals surface area (Å²) in [5.41, 5.74) is 3.67. The molecule has 284 valence electrons. The summed E-state index contributed by atoms with van der Waals surface area (Å²) >= 11 is 0. The first-order valence-corrected chi connectivity index (χ1v) is 18.3. The molecule has 0 saturated carbocycles. The van der Waals surface area contributed by atoms with E-state index in [0.717, 1.165) is 58.5 Å². The fraction of sp³-hybridized carbons (Fsp3) is 0.415. The van der Waals surface area contributed by atoms with Gasteiger partial charge in [-0.05, 0) is 72.0 Å². The maximum atomic E-state index is 12.8. The Bertz CT molecular complexity index is 1730. The molecule has 0 spiro atoms. The van der Waals surface area contributed by atoms with Crippen molar-refractivity contribution in [3.8, 4) is 16.9 Å². The summed E-state index contributed by atoms with van der Waals surface area (Å²) in [7, 11) is 0. The van der Waals surface area contributed by atoms with E-state index < -0.39 is 17.9 Å². The molecule has 0 aliphatic rings. The predicted octanol–water partition coefficient (Wildman–Crippen LogP) is 6.08. The summed E-state index contributed by atoms with van der Waals surface area (Å²) in [5, 5.41) is 20.2. The van der Waals surface area contributed by atoms with Gasteiger partial charge in [-0.3, -0.25) is 14.4 Å². The lowest BCUT2D eigenvalue weighted by Crippen LogP contribution is -2.39. The van der Waals surface area contributed by atoms with Gasteiger partial charge in [0.25, 0.3) is 0 Å². The highest BCUT2D eigenvalue weighted by atomic mass is 16.6. The van der Waals surface area contributed by atoms with Gasteiger partial charge in [-0.15, -0.1) is 0 Å². The summed E-state index contributed by atoms with van der Waals surface area (Å²) in [6.45, 7) is 8.19. The normalized spacial score (nSPS) is 11.6. The first-order chi connectivity index (χ1) is 25.8. The smallest absolute Gasteiger partial charge is 0.305 e.